The van der Waals surface area contributed by atoms with Gasteiger partial charge in [0.25, 0.3) is 0 Å². The van der Waals surface area contributed by atoms with Crippen molar-refractivity contribution < 1.29 is 14.0 Å². The van der Waals surface area contributed by atoms with Gasteiger partial charge in [0.1, 0.15) is 12.4 Å². The van der Waals surface area contributed by atoms with E-state index in [4.69, 9.17) is 0 Å². The first-order valence-electron chi connectivity index (χ1n) is 7.73. The maximum Gasteiger partial charge on any atom is 0.365 e. The predicted octanol–water partition coefficient (Wildman–Crippen LogP) is 1.09. The van der Waals surface area contributed by atoms with Gasteiger partial charge in [-0.15, -0.1) is 0 Å². The normalized spacial score (nSPS) is 13.9. The number of carbonyl (C=O) groups is 2. The van der Waals surface area contributed by atoms with Gasteiger partial charge in [-0.05, 0) is 45.0 Å². The van der Waals surface area contributed by atoms with E-state index >= 15 is 0 Å². The van der Waals surface area contributed by atoms with Gasteiger partial charge in [0.2, 0.25) is 5.91 Å². The first kappa shape index (κ1) is 16.9. The summed E-state index contributed by atoms with van der Waals surface area (Å²) in [7, 11) is 0. The van der Waals surface area contributed by atoms with Gasteiger partial charge in [-0.3, -0.25) is 9.69 Å². The van der Waals surface area contributed by atoms with Crippen LogP contribution in [-0.2, 0) is 17.9 Å². The standard InChI is InChI=1S/C16H18FN5O3/c1-16(2,3)19-13(23)9-21-14(24)18-12-8-20(15(25)22(12)21)11-6-4-10(17)5-7-11/h4-7H,8-9H2,1-3H3,(H,19,23). The third-order valence-corrected chi connectivity index (χ3v) is 3.59. The van der Waals surface area contributed by atoms with Crippen LogP contribution >= 0.6 is 0 Å². The molecule has 3 rings (SSSR count). The molecule has 1 aromatic carbocycles. The molecule has 1 N–H and O–H groups in total. The highest BCUT2D eigenvalue weighted by atomic mass is 19.1. The highest BCUT2D eigenvalue weighted by Gasteiger charge is 2.34. The summed E-state index contributed by atoms with van der Waals surface area (Å²) < 4.78 is 15.2. The predicted molar refractivity (Wildman–Crippen MR) is 87.8 cm³/mol. The number of carbonyl (C=O) groups excluding carboxylic acids is 2. The van der Waals surface area contributed by atoms with Gasteiger partial charge in [0.15, 0.2) is 5.82 Å². The van der Waals surface area contributed by atoms with Crippen molar-refractivity contribution in [2.75, 3.05) is 4.90 Å². The maximum absolute atomic E-state index is 13.1. The lowest BCUT2D eigenvalue weighted by Crippen LogP contribution is -2.45. The summed E-state index contributed by atoms with van der Waals surface area (Å²) in [5.74, 6) is -0.572. The van der Waals surface area contributed by atoms with Gasteiger partial charge < -0.3 is 5.32 Å². The number of halogens is 1. The third kappa shape index (κ3) is 3.30. The number of rotatable bonds is 3. The molecule has 1 aromatic heterocycles. The summed E-state index contributed by atoms with van der Waals surface area (Å²) in [6, 6.07) is 4.91. The van der Waals surface area contributed by atoms with Crippen LogP contribution in [0.2, 0.25) is 0 Å². The molecule has 2 aromatic rings. The van der Waals surface area contributed by atoms with Gasteiger partial charge in [-0.2, -0.15) is 9.67 Å². The van der Waals surface area contributed by atoms with E-state index < -0.39 is 29.0 Å². The Kier molecular flexibility index (Phi) is 3.94. The Bertz CT molecular complexity index is 892. The molecule has 0 unspecified atom stereocenters. The lowest BCUT2D eigenvalue weighted by atomic mass is 10.1. The van der Waals surface area contributed by atoms with Crippen LogP contribution in [-0.4, -0.2) is 31.8 Å². The fourth-order valence-corrected chi connectivity index (χ4v) is 2.63. The Hall–Kier alpha value is -2.97. The van der Waals surface area contributed by atoms with Crippen LogP contribution in [0.5, 0.6) is 0 Å². The summed E-state index contributed by atoms with van der Waals surface area (Å²) >= 11 is 0. The van der Waals surface area contributed by atoms with E-state index in [1.54, 1.807) is 0 Å². The average Bonchev–Trinajstić information content (AvgIpc) is 2.96. The minimum atomic E-state index is -0.661. The molecule has 0 spiro atoms. The molecule has 0 atom stereocenters. The number of nitrogens with zero attached hydrogens (tertiary/aromatic N) is 4. The van der Waals surface area contributed by atoms with Crippen molar-refractivity contribution >= 4 is 17.6 Å². The van der Waals surface area contributed by atoms with Gasteiger partial charge in [0.05, 0.1) is 6.54 Å². The molecule has 2 amide bonds. The number of amides is 2. The van der Waals surface area contributed by atoms with E-state index in [2.05, 4.69) is 10.3 Å². The van der Waals surface area contributed by atoms with Crippen molar-refractivity contribution in [1.29, 1.82) is 0 Å². The van der Waals surface area contributed by atoms with Crippen molar-refractivity contribution in [3.8, 4) is 0 Å². The van der Waals surface area contributed by atoms with E-state index in [0.29, 0.717) is 5.69 Å². The monoisotopic (exact) mass is 347 g/mol. The first-order valence-corrected chi connectivity index (χ1v) is 7.73. The fourth-order valence-electron chi connectivity index (χ4n) is 2.63. The zero-order valence-corrected chi connectivity index (χ0v) is 14.1. The largest absolute Gasteiger partial charge is 0.365 e. The third-order valence-electron chi connectivity index (χ3n) is 3.59. The first-order chi connectivity index (χ1) is 11.7. The minimum absolute atomic E-state index is 0.0770. The molecular weight excluding hydrogens is 329 g/mol. The van der Waals surface area contributed by atoms with Gasteiger partial charge in [-0.1, -0.05) is 0 Å². The average molecular weight is 347 g/mol. The molecule has 0 saturated carbocycles. The smallest absolute Gasteiger partial charge is 0.350 e. The summed E-state index contributed by atoms with van der Waals surface area (Å²) in [4.78, 5) is 42.0. The number of nitrogens with one attached hydrogen (secondary N) is 1. The molecule has 9 heteroatoms. The topological polar surface area (TPSA) is 89.2 Å². The van der Waals surface area contributed by atoms with Gasteiger partial charge in [-0.25, -0.2) is 18.7 Å². The van der Waals surface area contributed by atoms with E-state index in [9.17, 15) is 18.8 Å². The zero-order valence-electron chi connectivity index (χ0n) is 14.1. The Morgan fingerprint density at radius 3 is 2.48 bits per heavy atom. The number of aromatic nitrogens is 3. The van der Waals surface area contributed by atoms with Crippen LogP contribution in [0.15, 0.2) is 29.1 Å². The highest BCUT2D eigenvalue weighted by Crippen LogP contribution is 2.23. The molecular formula is C16H18FN5O3. The SMILES string of the molecule is CC(C)(C)NC(=O)Cn1c(=O)nc2n1C(=O)N(c1ccc(F)cc1)C2. The van der Waals surface area contributed by atoms with Gasteiger partial charge >= 0.3 is 11.7 Å². The van der Waals surface area contributed by atoms with Crippen molar-refractivity contribution in [3.63, 3.8) is 0 Å². The van der Waals surface area contributed by atoms with Crippen molar-refractivity contribution in [2.24, 2.45) is 0 Å². The Balaban J connectivity index is 1.87. The van der Waals surface area contributed by atoms with Crippen molar-refractivity contribution in [3.05, 3.63) is 46.4 Å². The molecule has 1 aliphatic heterocycles. The summed E-state index contributed by atoms with van der Waals surface area (Å²) in [6.45, 7) is 5.21. The number of anilines is 1. The lowest BCUT2D eigenvalue weighted by molar-refractivity contribution is -0.123. The molecule has 132 valence electrons. The molecule has 0 aliphatic carbocycles. The Morgan fingerprint density at radius 2 is 1.88 bits per heavy atom. The van der Waals surface area contributed by atoms with Crippen LogP contribution in [0, 0.1) is 5.82 Å². The number of fused-ring (bicyclic) bond motifs is 1. The summed E-state index contributed by atoms with van der Waals surface area (Å²) in [6.07, 6.45) is 0. The van der Waals surface area contributed by atoms with Crippen LogP contribution in [0.4, 0.5) is 14.9 Å². The number of hydrogen-bond acceptors (Lipinski definition) is 4. The van der Waals surface area contributed by atoms with E-state index in [1.807, 2.05) is 20.8 Å². The molecule has 1 aliphatic rings. The van der Waals surface area contributed by atoms with E-state index in [0.717, 1.165) is 9.36 Å². The lowest BCUT2D eigenvalue weighted by Gasteiger charge is -2.21. The number of hydrogen-bond donors (Lipinski definition) is 1. The quantitative estimate of drug-likeness (QED) is 0.900. The van der Waals surface area contributed by atoms with Crippen LogP contribution in [0.25, 0.3) is 0 Å². The molecule has 2 heterocycles. The number of benzene rings is 1. The van der Waals surface area contributed by atoms with Gasteiger partial charge in [0, 0.05) is 11.2 Å². The second-order valence-electron chi connectivity index (χ2n) is 6.82. The molecule has 0 saturated heterocycles. The zero-order chi connectivity index (χ0) is 18.4. The molecule has 0 radical (unpaired) electrons. The summed E-state index contributed by atoms with van der Waals surface area (Å²) in [5, 5.41) is 2.73. The molecule has 0 fully saturated rings. The van der Waals surface area contributed by atoms with Crippen molar-refractivity contribution in [1.82, 2.24) is 19.7 Å². The Morgan fingerprint density at radius 1 is 1.24 bits per heavy atom. The second-order valence-corrected chi connectivity index (χ2v) is 6.82. The summed E-state index contributed by atoms with van der Waals surface area (Å²) in [5.41, 5.74) is -0.639. The fraction of sp³-hybridized carbons (Fsp3) is 0.375. The minimum Gasteiger partial charge on any atom is -0.350 e. The van der Waals surface area contributed by atoms with Crippen LogP contribution < -0.4 is 15.9 Å². The molecule has 25 heavy (non-hydrogen) atoms. The van der Waals surface area contributed by atoms with E-state index in [1.165, 1.54) is 29.2 Å². The second kappa shape index (κ2) is 5.83. The molecule has 8 nitrogen and oxygen atoms in total. The van der Waals surface area contributed by atoms with Crippen LogP contribution in [0.3, 0.4) is 0 Å². The van der Waals surface area contributed by atoms with E-state index in [-0.39, 0.29) is 18.9 Å². The Labute approximate surface area is 142 Å². The van der Waals surface area contributed by atoms with Crippen molar-refractivity contribution in [2.45, 2.75) is 39.4 Å². The maximum atomic E-state index is 13.1. The highest BCUT2D eigenvalue weighted by molar-refractivity contribution is 5.95. The molecule has 0 bridgehead atoms. The van der Waals surface area contributed by atoms with Crippen LogP contribution in [0.1, 0.15) is 26.6 Å².